The van der Waals surface area contributed by atoms with Crippen LogP contribution in [0.1, 0.15) is 43.0 Å². The van der Waals surface area contributed by atoms with Crippen molar-refractivity contribution in [2.45, 2.75) is 44.7 Å². The Labute approximate surface area is 147 Å². The predicted molar refractivity (Wildman–Crippen MR) is 97.7 cm³/mol. The van der Waals surface area contributed by atoms with Crippen LogP contribution in [0, 0.1) is 12.8 Å². The molecule has 2 atom stereocenters. The Morgan fingerprint density at radius 1 is 1.43 bits per heavy atom. The van der Waals surface area contributed by atoms with Crippen molar-refractivity contribution in [1.82, 2.24) is 9.80 Å². The number of carbonyl (C=O) groups excluding carboxylic acids is 2. The van der Waals surface area contributed by atoms with E-state index < -0.39 is 0 Å². The zero-order valence-electron chi connectivity index (χ0n) is 14.5. The molecule has 2 amide bonds. The summed E-state index contributed by atoms with van der Waals surface area (Å²) in [6.45, 7) is 9.34. The van der Waals surface area contributed by atoms with E-state index in [0.29, 0.717) is 25.4 Å². The van der Waals surface area contributed by atoms with Gasteiger partial charge in [-0.3, -0.25) is 9.59 Å². The number of aryl methyl sites for hydroxylation is 1. The first-order valence-corrected chi connectivity index (χ1v) is 9.87. The highest BCUT2D eigenvalue weighted by Gasteiger charge is 2.39. The average Bonchev–Trinajstić information content (AvgIpc) is 3.01. The fourth-order valence-corrected chi connectivity index (χ4v) is 5.18. The summed E-state index contributed by atoms with van der Waals surface area (Å²) in [5.74, 6) is 0.684. The minimum absolute atomic E-state index is 0.0156. The van der Waals surface area contributed by atoms with Crippen molar-refractivity contribution in [3.05, 3.63) is 21.9 Å². The van der Waals surface area contributed by atoms with Gasteiger partial charge in [0.05, 0.1) is 5.25 Å². The van der Waals surface area contributed by atoms with Crippen LogP contribution < -0.4 is 0 Å². The van der Waals surface area contributed by atoms with Crippen LogP contribution in [-0.4, -0.2) is 47.0 Å². The first-order valence-electron chi connectivity index (χ1n) is 8.05. The number of amides is 2. The molecule has 2 heterocycles. The van der Waals surface area contributed by atoms with Crippen LogP contribution in [0.4, 0.5) is 0 Å². The fourth-order valence-electron chi connectivity index (χ4n) is 2.63. The molecule has 1 aliphatic heterocycles. The minimum Gasteiger partial charge on any atom is -0.344 e. The van der Waals surface area contributed by atoms with Crippen LogP contribution in [0.5, 0.6) is 0 Å². The topological polar surface area (TPSA) is 40.6 Å². The molecule has 1 saturated heterocycles. The predicted octanol–water partition coefficient (Wildman–Crippen LogP) is 3.52. The first-order chi connectivity index (χ1) is 10.8. The molecular formula is C17H26N2O2S2. The van der Waals surface area contributed by atoms with E-state index in [0.717, 1.165) is 0 Å². The third kappa shape index (κ3) is 4.29. The number of hydrogen-bond acceptors (Lipinski definition) is 4. The average molecular weight is 355 g/mol. The number of thiophene rings is 1. The summed E-state index contributed by atoms with van der Waals surface area (Å²) in [6.07, 6.45) is 0.559. The summed E-state index contributed by atoms with van der Waals surface area (Å²) in [4.78, 5) is 29.5. The van der Waals surface area contributed by atoms with E-state index in [9.17, 15) is 9.59 Å². The standard InChI is InChI=1S/C17H26N2O2S2/c1-11(2)10-14(20)18(5)7-8-19-16(21)13(4)23-17(19)15-12(3)6-9-22-15/h6,9,11,13,17H,7-8,10H2,1-5H3/t13-,17-/m1/s1. The Hall–Kier alpha value is -1.01. The van der Waals surface area contributed by atoms with Crippen molar-refractivity contribution in [2.75, 3.05) is 20.1 Å². The molecule has 0 aromatic carbocycles. The van der Waals surface area contributed by atoms with E-state index in [1.165, 1.54) is 10.4 Å². The van der Waals surface area contributed by atoms with E-state index in [4.69, 9.17) is 0 Å². The molecular weight excluding hydrogens is 328 g/mol. The van der Waals surface area contributed by atoms with E-state index in [1.807, 2.05) is 32.7 Å². The third-order valence-corrected chi connectivity index (χ3v) is 6.64. The fraction of sp³-hybridized carbons (Fsp3) is 0.647. The highest BCUT2D eigenvalue weighted by Crippen LogP contribution is 2.45. The van der Waals surface area contributed by atoms with Gasteiger partial charge in [0.25, 0.3) is 0 Å². The number of nitrogens with zero attached hydrogens (tertiary/aromatic N) is 2. The quantitative estimate of drug-likeness (QED) is 0.785. The zero-order valence-corrected chi connectivity index (χ0v) is 16.2. The van der Waals surface area contributed by atoms with E-state index in [1.54, 1.807) is 28.0 Å². The smallest absolute Gasteiger partial charge is 0.236 e. The Morgan fingerprint density at radius 2 is 2.13 bits per heavy atom. The molecule has 0 aliphatic carbocycles. The van der Waals surface area contributed by atoms with E-state index >= 15 is 0 Å². The highest BCUT2D eigenvalue weighted by atomic mass is 32.2. The van der Waals surface area contributed by atoms with Crippen molar-refractivity contribution < 1.29 is 9.59 Å². The highest BCUT2D eigenvalue weighted by molar-refractivity contribution is 8.01. The maximum atomic E-state index is 12.5. The van der Waals surface area contributed by atoms with Crippen molar-refractivity contribution in [1.29, 1.82) is 0 Å². The maximum absolute atomic E-state index is 12.5. The van der Waals surface area contributed by atoms with Gasteiger partial charge < -0.3 is 9.80 Å². The SMILES string of the molecule is Cc1ccsc1[C@H]1S[C@H](C)C(=O)N1CCN(C)C(=O)CC(C)C. The maximum Gasteiger partial charge on any atom is 0.236 e. The van der Waals surface area contributed by atoms with Gasteiger partial charge in [0.2, 0.25) is 11.8 Å². The molecule has 0 radical (unpaired) electrons. The molecule has 0 spiro atoms. The molecule has 0 N–H and O–H groups in total. The lowest BCUT2D eigenvalue weighted by molar-refractivity contribution is -0.134. The molecule has 1 fully saturated rings. The van der Waals surface area contributed by atoms with Crippen molar-refractivity contribution in [3.8, 4) is 0 Å². The number of carbonyl (C=O) groups is 2. The van der Waals surface area contributed by atoms with Gasteiger partial charge in [-0.05, 0) is 36.8 Å². The van der Waals surface area contributed by atoms with Gasteiger partial charge in [0, 0.05) is 31.4 Å². The second-order valence-corrected chi connectivity index (χ2v) is 8.92. The van der Waals surface area contributed by atoms with Gasteiger partial charge in [0.1, 0.15) is 5.37 Å². The second kappa shape index (κ2) is 7.71. The minimum atomic E-state index is -0.0156. The molecule has 128 valence electrons. The van der Waals surface area contributed by atoms with E-state index in [2.05, 4.69) is 18.4 Å². The van der Waals surface area contributed by atoms with Crippen LogP contribution in [0.25, 0.3) is 0 Å². The second-order valence-electron chi connectivity index (χ2n) is 6.54. The number of hydrogen-bond donors (Lipinski definition) is 0. The lowest BCUT2D eigenvalue weighted by atomic mass is 10.1. The molecule has 0 unspecified atom stereocenters. The summed E-state index contributed by atoms with van der Waals surface area (Å²) in [5, 5.41) is 2.15. The summed E-state index contributed by atoms with van der Waals surface area (Å²) in [5.41, 5.74) is 1.24. The molecule has 4 nitrogen and oxygen atoms in total. The van der Waals surface area contributed by atoms with Gasteiger partial charge in [-0.25, -0.2) is 0 Å². The normalized spacial score (nSPS) is 21.3. The van der Waals surface area contributed by atoms with Crippen molar-refractivity contribution >= 4 is 34.9 Å². The molecule has 23 heavy (non-hydrogen) atoms. The summed E-state index contributed by atoms with van der Waals surface area (Å²) >= 11 is 3.42. The molecule has 0 bridgehead atoms. The van der Waals surface area contributed by atoms with Gasteiger partial charge >= 0.3 is 0 Å². The molecule has 6 heteroatoms. The summed E-state index contributed by atoms with van der Waals surface area (Å²) in [6, 6.07) is 2.10. The van der Waals surface area contributed by atoms with Crippen molar-refractivity contribution in [3.63, 3.8) is 0 Å². The molecule has 1 aromatic heterocycles. The van der Waals surface area contributed by atoms with Crippen LogP contribution in [0.2, 0.25) is 0 Å². The summed E-state index contributed by atoms with van der Waals surface area (Å²) in [7, 11) is 1.83. The first kappa shape index (κ1) is 18.3. The number of thioether (sulfide) groups is 1. The number of likely N-dealkylation sites (N-methyl/N-ethyl adjacent to an activating group) is 1. The van der Waals surface area contributed by atoms with Crippen molar-refractivity contribution in [2.24, 2.45) is 5.92 Å². The Balaban J connectivity index is 2.03. The molecule has 1 aromatic rings. The lowest BCUT2D eigenvalue weighted by Gasteiger charge is -2.27. The molecule has 2 rings (SSSR count). The summed E-state index contributed by atoms with van der Waals surface area (Å²) < 4.78 is 0. The van der Waals surface area contributed by atoms with Crippen LogP contribution in [-0.2, 0) is 9.59 Å². The monoisotopic (exact) mass is 354 g/mol. The van der Waals surface area contributed by atoms with Gasteiger partial charge in [-0.15, -0.1) is 23.1 Å². The third-order valence-electron chi connectivity index (χ3n) is 4.06. The molecule has 0 saturated carbocycles. The zero-order chi connectivity index (χ0) is 17.1. The Morgan fingerprint density at radius 3 is 2.70 bits per heavy atom. The van der Waals surface area contributed by atoms with E-state index in [-0.39, 0.29) is 22.4 Å². The van der Waals surface area contributed by atoms with Crippen LogP contribution >= 0.6 is 23.1 Å². The van der Waals surface area contributed by atoms with Gasteiger partial charge in [-0.2, -0.15) is 0 Å². The van der Waals surface area contributed by atoms with Crippen LogP contribution in [0.15, 0.2) is 11.4 Å². The largest absolute Gasteiger partial charge is 0.344 e. The van der Waals surface area contributed by atoms with Crippen LogP contribution in [0.3, 0.4) is 0 Å². The Kier molecular flexibility index (Phi) is 6.14. The van der Waals surface area contributed by atoms with Gasteiger partial charge in [0.15, 0.2) is 0 Å². The van der Waals surface area contributed by atoms with Gasteiger partial charge in [-0.1, -0.05) is 13.8 Å². The number of rotatable bonds is 6. The molecule has 1 aliphatic rings. The lowest BCUT2D eigenvalue weighted by Crippen LogP contribution is -2.39. The Bertz CT molecular complexity index is 571.